The maximum absolute atomic E-state index is 12.4. The van der Waals surface area contributed by atoms with Gasteiger partial charge in [0.05, 0.1) is 11.7 Å². The molecule has 24 heavy (non-hydrogen) atoms. The van der Waals surface area contributed by atoms with Crippen LogP contribution >= 0.6 is 11.3 Å². The molecule has 3 aromatic rings. The van der Waals surface area contributed by atoms with E-state index in [9.17, 15) is 8.42 Å². The van der Waals surface area contributed by atoms with Crippen LogP contribution in [-0.4, -0.2) is 36.0 Å². The van der Waals surface area contributed by atoms with Gasteiger partial charge < -0.3 is 4.52 Å². The van der Waals surface area contributed by atoms with Gasteiger partial charge in [-0.05, 0) is 17.0 Å². The molecular weight excluding hydrogens is 346 g/mol. The molecule has 0 unspecified atom stereocenters. The average Bonchev–Trinajstić information content (AvgIpc) is 3.16. The molecule has 0 spiro atoms. The molecule has 1 saturated heterocycles. The van der Waals surface area contributed by atoms with E-state index in [1.54, 1.807) is 11.3 Å². The third-order valence-corrected chi connectivity index (χ3v) is 6.47. The Morgan fingerprint density at radius 2 is 2.00 bits per heavy atom. The van der Waals surface area contributed by atoms with Crippen LogP contribution in [0.15, 0.2) is 51.7 Å². The fourth-order valence-electron chi connectivity index (χ4n) is 2.61. The second kappa shape index (κ2) is 6.12. The molecule has 1 fully saturated rings. The van der Waals surface area contributed by atoms with Gasteiger partial charge >= 0.3 is 0 Å². The van der Waals surface area contributed by atoms with E-state index in [0.29, 0.717) is 24.8 Å². The van der Waals surface area contributed by atoms with E-state index in [4.69, 9.17) is 4.52 Å². The van der Waals surface area contributed by atoms with Crippen molar-refractivity contribution in [1.29, 1.82) is 0 Å². The van der Waals surface area contributed by atoms with Gasteiger partial charge in [-0.3, -0.25) is 0 Å². The summed E-state index contributed by atoms with van der Waals surface area (Å²) >= 11 is 1.57. The Morgan fingerprint density at radius 3 is 2.71 bits per heavy atom. The molecule has 0 aliphatic carbocycles. The van der Waals surface area contributed by atoms with Crippen molar-refractivity contribution in [3.8, 4) is 11.4 Å². The molecule has 0 bridgehead atoms. The van der Waals surface area contributed by atoms with E-state index in [-0.39, 0.29) is 11.7 Å². The molecule has 124 valence electrons. The quantitative estimate of drug-likeness (QED) is 0.698. The van der Waals surface area contributed by atoms with Crippen molar-refractivity contribution in [2.75, 3.05) is 13.1 Å². The largest absolute Gasteiger partial charge is 0.339 e. The molecule has 3 heterocycles. The summed E-state index contributed by atoms with van der Waals surface area (Å²) in [5, 5.41) is 7.87. The molecule has 0 radical (unpaired) electrons. The second-order valence-corrected chi connectivity index (χ2v) is 8.47. The minimum atomic E-state index is -3.31. The van der Waals surface area contributed by atoms with E-state index in [2.05, 4.69) is 10.1 Å². The van der Waals surface area contributed by atoms with E-state index < -0.39 is 10.0 Å². The van der Waals surface area contributed by atoms with Gasteiger partial charge in [0.2, 0.25) is 21.7 Å². The lowest BCUT2D eigenvalue weighted by molar-refractivity contribution is 0.216. The van der Waals surface area contributed by atoms with Gasteiger partial charge in [0.15, 0.2) is 0 Å². The maximum Gasteiger partial charge on any atom is 0.232 e. The zero-order chi connectivity index (χ0) is 16.6. The van der Waals surface area contributed by atoms with Crippen LogP contribution in [0.2, 0.25) is 0 Å². The highest BCUT2D eigenvalue weighted by Gasteiger charge is 2.39. The van der Waals surface area contributed by atoms with E-state index in [1.807, 2.05) is 47.2 Å². The van der Waals surface area contributed by atoms with Gasteiger partial charge in [0, 0.05) is 24.0 Å². The van der Waals surface area contributed by atoms with Crippen LogP contribution in [0.3, 0.4) is 0 Å². The first kappa shape index (κ1) is 15.5. The van der Waals surface area contributed by atoms with Crippen LogP contribution in [0.25, 0.3) is 11.4 Å². The van der Waals surface area contributed by atoms with E-state index in [1.165, 1.54) is 4.31 Å². The zero-order valence-electron chi connectivity index (χ0n) is 12.7. The fourth-order valence-corrected chi connectivity index (χ4v) is 4.85. The number of nitrogens with zero attached hydrogens (tertiary/aromatic N) is 3. The summed E-state index contributed by atoms with van der Waals surface area (Å²) in [7, 11) is -3.31. The number of benzene rings is 1. The van der Waals surface area contributed by atoms with Gasteiger partial charge in [-0.1, -0.05) is 35.5 Å². The van der Waals surface area contributed by atoms with E-state index in [0.717, 1.165) is 11.1 Å². The van der Waals surface area contributed by atoms with Crippen molar-refractivity contribution in [1.82, 2.24) is 14.4 Å². The van der Waals surface area contributed by atoms with Gasteiger partial charge in [0.1, 0.15) is 0 Å². The van der Waals surface area contributed by atoms with Gasteiger partial charge in [0.25, 0.3) is 0 Å². The Hall–Kier alpha value is -2.03. The summed E-state index contributed by atoms with van der Waals surface area (Å²) in [4.78, 5) is 4.38. The number of rotatable bonds is 5. The van der Waals surface area contributed by atoms with Crippen molar-refractivity contribution in [2.24, 2.45) is 0 Å². The minimum absolute atomic E-state index is 0.0184. The first-order valence-corrected chi connectivity index (χ1v) is 10.0. The van der Waals surface area contributed by atoms with Gasteiger partial charge in [-0.15, -0.1) is 0 Å². The molecule has 0 atom stereocenters. The lowest BCUT2D eigenvalue weighted by Gasteiger charge is -2.35. The molecule has 6 nitrogen and oxygen atoms in total. The molecule has 4 rings (SSSR count). The molecular formula is C16H15N3O3S2. The predicted molar refractivity (Wildman–Crippen MR) is 91.0 cm³/mol. The highest BCUT2D eigenvalue weighted by atomic mass is 32.2. The first-order valence-electron chi connectivity index (χ1n) is 7.50. The number of hydrogen-bond acceptors (Lipinski definition) is 6. The van der Waals surface area contributed by atoms with Crippen LogP contribution in [0.1, 0.15) is 17.4 Å². The third kappa shape index (κ3) is 3.00. The average molecular weight is 361 g/mol. The first-order chi connectivity index (χ1) is 11.6. The normalized spacial score (nSPS) is 16.2. The molecule has 0 N–H and O–H groups in total. The molecule has 0 saturated carbocycles. The number of sulfonamides is 1. The van der Waals surface area contributed by atoms with Crippen molar-refractivity contribution in [2.45, 2.75) is 11.7 Å². The highest BCUT2D eigenvalue weighted by Crippen LogP contribution is 2.31. The Bertz CT molecular complexity index is 915. The van der Waals surface area contributed by atoms with Crippen molar-refractivity contribution >= 4 is 21.4 Å². The van der Waals surface area contributed by atoms with Gasteiger partial charge in [-0.25, -0.2) is 8.42 Å². The summed E-state index contributed by atoms with van der Waals surface area (Å²) in [5.41, 5.74) is 1.71. The van der Waals surface area contributed by atoms with Crippen molar-refractivity contribution < 1.29 is 12.9 Å². The van der Waals surface area contributed by atoms with Crippen LogP contribution in [-0.2, 0) is 15.8 Å². The smallest absolute Gasteiger partial charge is 0.232 e. The third-order valence-electron chi connectivity index (χ3n) is 4.00. The Kier molecular flexibility index (Phi) is 3.95. The molecule has 1 aromatic carbocycles. The van der Waals surface area contributed by atoms with E-state index >= 15 is 0 Å². The van der Waals surface area contributed by atoms with Crippen molar-refractivity contribution in [3.05, 3.63) is 58.6 Å². The topological polar surface area (TPSA) is 76.3 Å². The monoisotopic (exact) mass is 361 g/mol. The molecule has 2 aromatic heterocycles. The van der Waals surface area contributed by atoms with Crippen LogP contribution in [0.4, 0.5) is 0 Å². The molecule has 1 aliphatic rings. The fraction of sp³-hybridized carbons (Fsp3) is 0.250. The molecule has 1 aliphatic heterocycles. The van der Waals surface area contributed by atoms with Crippen LogP contribution < -0.4 is 0 Å². The van der Waals surface area contributed by atoms with Crippen LogP contribution in [0.5, 0.6) is 0 Å². The summed E-state index contributed by atoms with van der Waals surface area (Å²) < 4.78 is 31.6. The van der Waals surface area contributed by atoms with Gasteiger partial charge in [-0.2, -0.15) is 20.6 Å². The minimum Gasteiger partial charge on any atom is -0.339 e. The number of hydrogen-bond donors (Lipinski definition) is 0. The van der Waals surface area contributed by atoms with Crippen molar-refractivity contribution in [3.63, 3.8) is 0 Å². The lowest BCUT2D eigenvalue weighted by atomic mass is 10.0. The summed E-state index contributed by atoms with van der Waals surface area (Å²) in [6.45, 7) is 0.779. The number of aromatic nitrogens is 2. The summed E-state index contributed by atoms with van der Waals surface area (Å²) in [6, 6.07) is 11.1. The Morgan fingerprint density at radius 1 is 1.21 bits per heavy atom. The molecule has 8 heteroatoms. The Labute approximate surface area is 143 Å². The summed E-state index contributed by atoms with van der Waals surface area (Å²) in [5.74, 6) is 1.04. The number of thiophene rings is 1. The molecule has 0 amide bonds. The lowest BCUT2D eigenvalue weighted by Crippen LogP contribution is -2.48. The highest BCUT2D eigenvalue weighted by molar-refractivity contribution is 7.88. The maximum atomic E-state index is 12.4. The Balaban J connectivity index is 1.41. The standard InChI is InChI=1S/C16H15N3O3S2/c20-24(21,11-12-4-2-1-3-5-12)19-8-14(9-19)16-17-15(18-22-16)13-6-7-23-10-13/h1-7,10,14H,8-9,11H2. The van der Waals surface area contributed by atoms with Crippen LogP contribution in [0, 0.1) is 0 Å². The predicted octanol–water partition coefficient (Wildman–Crippen LogP) is 2.73. The SMILES string of the molecule is O=S(=O)(Cc1ccccc1)N1CC(c2nc(-c3ccsc3)no2)C1. The second-order valence-electron chi connectivity index (χ2n) is 5.72. The summed E-state index contributed by atoms with van der Waals surface area (Å²) in [6.07, 6.45) is 0. The zero-order valence-corrected chi connectivity index (χ0v) is 14.3.